The molecule has 49 heavy (non-hydrogen) atoms. The standard InChI is InChI=1S/C35H39Cl2F3N6O3/c1-22-4-7-29(16-31(22)37)45(33(48)24-10-14-43(15-11-24)23(2)47)13-3-12-42-18-25-20-44(21-26(25)19-42)34(49)30-17-41-46(32(30)35(38,39)40)28-8-5-27(36)6-9-28/h4-9,16-17,24-26H,3,10-15,18-21H2,1-2H3. The third-order valence-electron chi connectivity index (χ3n) is 10.1. The second-order valence-corrected chi connectivity index (χ2v) is 14.2. The van der Waals surface area contributed by atoms with Crippen molar-refractivity contribution in [1.29, 1.82) is 0 Å². The Bertz CT molecular complexity index is 1690. The van der Waals surface area contributed by atoms with E-state index in [4.69, 9.17) is 23.2 Å². The molecule has 0 aliphatic carbocycles. The van der Waals surface area contributed by atoms with Crippen LogP contribution in [0.1, 0.15) is 47.8 Å². The van der Waals surface area contributed by atoms with E-state index >= 15 is 0 Å². The van der Waals surface area contributed by atoms with Crippen LogP contribution in [0, 0.1) is 24.7 Å². The summed E-state index contributed by atoms with van der Waals surface area (Å²) < 4.78 is 43.5. The number of amides is 3. The highest BCUT2D eigenvalue weighted by Crippen LogP contribution is 2.37. The summed E-state index contributed by atoms with van der Waals surface area (Å²) in [6.45, 7) is 8.00. The molecule has 3 amide bonds. The van der Waals surface area contributed by atoms with E-state index in [1.54, 1.807) is 11.8 Å². The summed E-state index contributed by atoms with van der Waals surface area (Å²) in [5.41, 5.74) is 0.270. The van der Waals surface area contributed by atoms with Crippen LogP contribution in [0.25, 0.3) is 5.69 Å². The highest BCUT2D eigenvalue weighted by atomic mass is 35.5. The van der Waals surface area contributed by atoms with Gasteiger partial charge in [0.2, 0.25) is 11.8 Å². The van der Waals surface area contributed by atoms with Crippen molar-refractivity contribution in [3.05, 3.63) is 75.5 Å². The number of carbonyl (C=O) groups excluding carboxylic acids is 3. The van der Waals surface area contributed by atoms with Crippen molar-refractivity contribution in [3.8, 4) is 5.69 Å². The molecule has 4 heterocycles. The van der Waals surface area contributed by atoms with Crippen LogP contribution in [0.5, 0.6) is 0 Å². The Morgan fingerprint density at radius 2 is 1.59 bits per heavy atom. The van der Waals surface area contributed by atoms with Gasteiger partial charge in [-0.2, -0.15) is 18.3 Å². The van der Waals surface area contributed by atoms with E-state index in [2.05, 4.69) is 10.00 Å². The van der Waals surface area contributed by atoms with Gasteiger partial charge >= 0.3 is 6.18 Å². The number of aryl methyl sites for hydroxylation is 1. The van der Waals surface area contributed by atoms with Gasteiger partial charge in [0.25, 0.3) is 5.91 Å². The van der Waals surface area contributed by atoms with Gasteiger partial charge in [0, 0.05) is 74.4 Å². The number of likely N-dealkylation sites (tertiary alicyclic amines) is 3. The molecule has 0 saturated carbocycles. The molecule has 2 atom stereocenters. The molecule has 0 N–H and O–H groups in total. The summed E-state index contributed by atoms with van der Waals surface area (Å²) in [5, 5.41) is 4.91. The van der Waals surface area contributed by atoms with Crippen molar-refractivity contribution in [2.24, 2.45) is 17.8 Å². The fourth-order valence-electron chi connectivity index (χ4n) is 7.40. The van der Waals surface area contributed by atoms with E-state index in [1.807, 2.05) is 30.0 Å². The Balaban J connectivity index is 1.07. The first-order valence-corrected chi connectivity index (χ1v) is 17.3. The second kappa shape index (κ2) is 14.3. The summed E-state index contributed by atoms with van der Waals surface area (Å²) in [4.78, 5) is 46.5. The first-order chi connectivity index (χ1) is 23.3. The molecule has 3 aliphatic heterocycles. The summed E-state index contributed by atoms with van der Waals surface area (Å²) in [6.07, 6.45) is -1.85. The average molecular weight is 720 g/mol. The van der Waals surface area contributed by atoms with Crippen molar-refractivity contribution in [2.45, 2.75) is 39.3 Å². The Hall–Kier alpha value is -3.61. The molecule has 14 heteroatoms. The normalized spacial score (nSPS) is 20.1. The number of anilines is 1. The lowest BCUT2D eigenvalue weighted by atomic mass is 9.94. The molecule has 3 saturated heterocycles. The fraction of sp³-hybridized carbons (Fsp3) is 0.486. The minimum atomic E-state index is -4.79. The van der Waals surface area contributed by atoms with E-state index in [9.17, 15) is 27.6 Å². The molecule has 2 aromatic carbocycles. The Morgan fingerprint density at radius 3 is 2.18 bits per heavy atom. The van der Waals surface area contributed by atoms with Crippen LogP contribution >= 0.6 is 23.2 Å². The number of piperidine rings is 1. The molecule has 3 aliphatic rings. The van der Waals surface area contributed by atoms with Gasteiger partial charge in [-0.15, -0.1) is 0 Å². The average Bonchev–Trinajstić information content (AvgIpc) is 3.78. The topological polar surface area (TPSA) is 82.0 Å². The monoisotopic (exact) mass is 718 g/mol. The molecule has 2 unspecified atom stereocenters. The number of rotatable bonds is 8. The Morgan fingerprint density at radius 1 is 0.939 bits per heavy atom. The van der Waals surface area contributed by atoms with Crippen LogP contribution in [0.2, 0.25) is 10.0 Å². The molecule has 0 bridgehead atoms. The lowest BCUT2D eigenvalue weighted by Gasteiger charge is -2.34. The van der Waals surface area contributed by atoms with Crippen molar-refractivity contribution in [1.82, 2.24) is 24.5 Å². The van der Waals surface area contributed by atoms with E-state index in [0.29, 0.717) is 62.0 Å². The smallest absolute Gasteiger partial charge is 0.343 e. The van der Waals surface area contributed by atoms with Crippen LogP contribution < -0.4 is 4.90 Å². The summed E-state index contributed by atoms with van der Waals surface area (Å²) in [5.74, 6) is -0.509. The maximum atomic E-state index is 14.2. The minimum Gasteiger partial charge on any atom is -0.343 e. The molecule has 0 spiro atoms. The van der Waals surface area contributed by atoms with E-state index < -0.39 is 23.3 Å². The molecule has 6 rings (SSSR count). The molecule has 0 radical (unpaired) electrons. The number of halogens is 5. The highest BCUT2D eigenvalue weighted by molar-refractivity contribution is 6.31. The number of hydrogen-bond acceptors (Lipinski definition) is 5. The largest absolute Gasteiger partial charge is 0.434 e. The maximum Gasteiger partial charge on any atom is 0.434 e. The number of carbonyl (C=O) groups is 3. The van der Waals surface area contributed by atoms with Gasteiger partial charge in [-0.3, -0.25) is 14.4 Å². The van der Waals surface area contributed by atoms with Gasteiger partial charge in [-0.25, -0.2) is 4.68 Å². The zero-order valence-corrected chi connectivity index (χ0v) is 28.9. The molecular weight excluding hydrogens is 680 g/mol. The molecular formula is C35H39Cl2F3N6O3. The second-order valence-electron chi connectivity index (χ2n) is 13.3. The van der Waals surface area contributed by atoms with Crippen molar-refractivity contribution in [2.75, 3.05) is 57.3 Å². The fourth-order valence-corrected chi connectivity index (χ4v) is 7.70. The Kier molecular flexibility index (Phi) is 10.3. The van der Waals surface area contributed by atoms with E-state index in [1.165, 1.54) is 29.2 Å². The quantitative estimate of drug-likeness (QED) is 0.278. The number of nitrogens with zero attached hydrogens (tertiary/aromatic N) is 6. The van der Waals surface area contributed by atoms with Gasteiger partial charge in [-0.1, -0.05) is 29.3 Å². The number of aromatic nitrogens is 2. The number of benzene rings is 2. The molecule has 9 nitrogen and oxygen atoms in total. The van der Waals surface area contributed by atoms with Crippen molar-refractivity contribution < 1.29 is 27.6 Å². The predicted molar refractivity (Wildman–Crippen MR) is 181 cm³/mol. The molecule has 3 fully saturated rings. The summed E-state index contributed by atoms with van der Waals surface area (Å²) in [7, 11) is 0. The first-order valence-electron chi connectivity index (χ1n) is 16.6. The number of alkyl halides is 3. The zero-order valence-electron chi connectivity index (χ0n) is 27.4. The molecule has 1 aromatic heterocycles. The van der Waals surface area contributed by atoms with Gasteiger partial charge < -0.3 is 19.6 Å². The SMILES string of the molecule is CC(=O)N1CCC(C(=O)N(CCCN2CC3CN(C(=O)c4cnn(-c5ccc(Cl)cc5)c4C(F)(F)F)CC3C2)c2ccc(C)c(Cl)c2)CC1. The summed E-state index contributed by atoms with van der Waals surface area (Å²) in [6, 6.07) is 11.5. The third kappa shape index (κ3) is 7.61. The number of fused-ring (bicyclic) bond motifs is 1. The van der Waals surface area contributed by atoms with Crippen molar-refractivity contribution in [3.63, 3.8) is 0 Å². The zero-order chi connectivity index (χ0) is 35.0. The van der Waals surface area contributed by atoms with Gasteiger partial charge in [-0.05, 0) is 86.5 Å². The van der Waals surface area contributed by atoms with Crippen molar-refractivity contribution >= 4 is 46.6 Å². The predicted octanol–water partition coefficient (Wildman–Crippen LogP) is 6.19. The summed E-state index contributed by atoms with van der Waals surface area (Å²) >= 11 is 12.4. The van der Waals surface area contributed by atoms with Gasteiger partial charge in [0.15, 0.2) is 5.69 Å². The number of hydrogen-bond donors (Lipinski definition) is 0. The third-order valence-corrected chi connectivity index (χ3v) is 10.7. The molecule has 3 aromatic rings. The Labute approximate surface area is 293 Å². The van der Waals surface area contributed by atoms with Crippen LogP contribution in [0.3, 0.4) is 0 Å². The minimum absolute atomic E-state index is 0.0206. The lowest BCUT2D eigenvalue weighted by Crippen LogP contribution is -2.44. The van der Waals surface area contributed by atoms with Crippen LogP contribution in [0.4, 0.5) is 18.9 Å². The van der Waals surface area contributed by atoms with E-state index in [0.717, 1.165) is 41.8 Å². The van der Waals surface area contributed by atoms with Crippen LogP contribution in [0.15, 0.2) is 48.7 Å². The van der Waals surface area contributed by atoms with Crippen LogP contribution in [-0.4, -0.2) is 94.6 Å². The van der Waals surface area contributed by atoms with Crippen LogP contribution in [-0.2, 0) is 15.8 Å². The van der Waals surface area contributed by atoms with Gasteiger partial charge in [0.05, 0.1) is 17.4 Å². The lowest BCUT2D eigenvalue weighted by molar-refractivity contribution is -0.143. The molecule has 262 valence electrons. The van der Waals surface area contributed by atoms with Gasteiger partial charge in [0.1, 0.15) is 0 Å². The van der Waals surface area contributed by atoms with E-state index in [-0.39, 0.29) is 35.3 Å². The maximum absolute atomic E-state index is 14.2. The highest BCUT2D eigenvalue weighted by Gasteiger charge is 2.45. The first kappa shape index (κ1) is 35.2.